The van der Waals surface area contributed by atoms with Crippen molar-refractivity contribution in [1.29, 1.82) is 0 Å². The number of rotatable bonds is 3. The molecule has 1 heterocycles. The SMILES string of the molecule is O=C/C(=C\c1c[nH]c2ccccc12)c1ccccc1. The molecule has 2 nitrogen and oxygen atoms in total. The van der Waals surface area contributed by atoms with Gasteiger partial charge in [0.05, 0.1) is 0 Å². The van der Waals surface area contributed by atoms with Gasteiger partial charge in [-0.05, 0) is 17.7 Å². The number of carbonyl (C=O) groups is 1. The van der Waals surface area contributed by atoms with Crippen LogP contribution in [0.5, 0.6) is 0 Å². The molecule has 0 amide bonds. The average Bonchev–Trinajstić information content (AvgIpc) is 2.89. The summed E-state index contributed by atoms with van der Waals surface area (Å²) in [5.41, 5.74) is 3.72. The zero-order valence-electron chi connectivity index (χ0n) is 10.3. The van der Waals surface area contributed by atoms with Crippen LogP contribution in [0.15, 0.2) is 60.8 Å². The predicted octanol–water partition coefficient (Wildman–Crippen LogP) is 3.91. The molecule has 0 aliphatic rings. The van der Waals surface area contributed by atoms with Crippen LogP contribution in [0.3, 0.4) is 0 Å². The maximum atomic E-state index is 11.3. The van der Waals surface area contributed by atoms with E-state index in [4.69, 9.17) is 0 Å². The first-order chi connectivity index (χ1) is 9.38. The van der Waals surface area contributed by atoms with Gasteiger partial charge >= 0.3 is 0 Å². The van der Waals surface area contributed by atoms with Crippen LogP contribution < -0.4 is 0 Å². The Morgan fingerprint density at radius 1 is 0.947 bits per heavy atom. The van der Waals surface area contributed by atoms with Gasteiger partial charge in [0, 0.05) is 28.2 Å². The highest BCUT2D eigenvalue weighted by atomic mass is 16.1. The maximum Gasteiger partial charge on any atom is 0.150 e. The van der Waals surface area contributed by atoms with E-state index in [1.807, 2.05) is 66.9 Å². The Morgan fingerprint density at radius 2 is 1.68 bits per heavy atom. The van der Waals surface area contributed by atoms with E-state index >= 15 is 0 Å². The topological polar surface area (TPSA) is 32.9 Å². The van der Waals surface area contributed by atoms with E-state index < -0.39 is 0 Å². The first-order valence-electron chi connectivity index (χ1n) is 6.17. The van der Waals surface area contributed by atoms with Gasteiger partial charge in [0.2, 0.25) is 0 Å². The zero-order valence-corrected chi connectivity index (χ0v) is 10.3. The summed E-state index contributed by atoms with van der Waals surface area (Å²) in [6.45, 7) is 0. The highest BCUT2D eigenvalue weighted by molar-refractivity contribution is 6.14. The van der Waals surface area contributed by atoms with Crippen LogP contribution in [0.2, 0.25) is 0 Å². The Kier molecular flexibility index (Phi) is 2.99. The standard InChI is InChI=1S/C17H13NO/c19-12-15(13-6-2-1-3-7-13)10-14-11-18-17-9-5-4-8-16(14)17/h1-12,18H/b15-10+. The molecule has 0 fully saturated rings. The molecule has 1 aromatic heterocycles. The third-order valence-electron chi connectivity index (χ3n) is 3.17. The van der Waals surface area contributed by atoms with Gasteiger partial charge in [0.1, 0.15) is 0 Å². The molecular weight excluding hydrogens is 234 g/mol. The van der Waals surface area contributed by atoms with Crippen molar-refractivity contribution in [3.8, 4) is 0 Å². The molecule has 0 bridgehead atoms. The van der Waals surface area contributed by atoms with Crippen LogP contribution in [0.4, 0.5) is 0 Å². The molecule has 19 heavy (non-hydrogen) atoms. The summed E-state index contributed by atoms with van der Waals surface area (Å²) in [5.74, 6) is 0. The number of allylic oxidation sites excluding steroid dienone is 1. The highest BCUT2D eigenvalue weighted by Gasteiger charge is 2.03. The molecule has 0 atom stereocenters. The molecule has 2 aromatic carbocycles. The van der Waals surface area contributed by atoms with E-state index in [0.717, 1.165) is 28.3 Å². The number of carbonyl (C=O) groups excluding carboxylic acids is 1. The minimum Gasteiger partial charge on any atom is -0.361 e. The largest absolute Gasteiger partial charge is 0.361 e. The number of benzene rings is 2. The molecule has 0 aliphatic heterocycles. The molecule has 2 heteroatoms. The molecule has 92 valence electrons. The summed E-state index contributed by atoms with van der Waals surface area (Å²) in [7, 11) is 0. The zero-order chi connectivity index (χ0) is 13.1. The van der Waals surface area contributed by atoms with Gasteiger partial charge in [-0.2, -0.15) is 0 Å². The number of nitrogens with one attached hydrogen (secondary N) is 1. The fourth-order valence-electron chi connectivity index (χ4n) is 2.20. The van der Waals surface area contributed by atoms with Crippen LogP contribution in [0.25, 0.3) is 22.6 Å². The van der Waals surface area contributed by atoms with Crippen molar-refractivity contribution in [2.75, 3.05) is 0 Å². The highest BCUT2D eigenvalue weighted by Crippen LogP contribution is 2.22. The van der Waals surface area contributed by atoms with Crippen molar-refractivity contribution in [1.82, 2.24) is 4.98 Å². The third-order valence-corrected chi connectivity index (χ3v) is 3.17. The van der Waals surface area contributed by atoms with Crippen LogP contribution >= 0.6 is 0 Å². The monoisotopic (exact) mass is 247 g/mol. The molecule has 3 aromatic rings. The molecular formula is C17H13NO. The van der Waals surface area contributed by atoms with Crippen molar-refractivity contribution in [3.05, 3.63) is 71.9 Å². The lowest BCUT2D eigenvalue weighted by atomic mass is 10.0. The smallest absolute Gasteiger partial charge is 0.150 e. The summed E-state index contributed by atoms with van der Waals surface area (Å²) in [5, 5.41) is 1.12. The number of aromatic amines is 1. The minimum atomic E-state index is 0.686. The van der Waals surface area contributed by atoms with Crippen molar-refractivity contribution < 1.29 is 4.79 Å². The van der Waals surface area contributed by atoms with Gasteiger partial charge in [-0.1, -0.05) is 48.5 Å². The third kappa shape index (κ3) is 2.20. The van der Waals surface area contributed by atoms with Crippen LogP contribution in [-0.4, -0.2) is 11.3 Å². The van der Waals surface area contributed by atoms with Gasteiger partial charge in [-0.25, -0.2) is 0 Å². The van der Waals surface area contributed by atoms with Gasteiger partial charge in [-0.3, -0.25) is 4.79 Å². The normalized spacial score (nSPS) is 11.7. The van der Waals surface area contributed by atoms with E-state index in [1.54, 1.807) is 0 Å². The van der Waals surface area contributed by atoms with E-state index in [1.165, 1.54) is 0 Å². The molecule has 0 spiro atoms. The lowest BCUT2D eigenvalue weighted by molar-refractivity contribution is -0.103. The fraction of sp³-hybridized carbons (Fsp3) is 0. The summed E-state index contributed by atoms with van der Waals surface area (Å²) >= 11 is 0. The first kappa shape index (κ1) is 11.5. The molecule has 0 saturated heterocycles. The van der Waals surface area contributed by atoms with E-state index in [2.05, 4.69) is 4.98 Å². The summed E-state index contributed by atoms with van der Waals surface area (Å²) < 4.78 is 0. The van der Waals surface area contributed by atoms with Gasteiger partial charge in [0.25, 0.3) is 0 Å². The van der Waals surface area contributed by atoms with Crippen LogP contribution in [0.1, 0.15) is 11.1 Å². The second kappa shape index (κ2) is 4.94. The van der Waals surface area contributed by atoms with E-state index in [-0.39, 0.29) is 0 Å². The Labute approximate surface area is 111 Å². The number of H-pyrrole nitrogens is 1. The van der Waals surface area contributed by atoms with Gasteiger partial charge in [-0.15, -0.1) is 0 Å². The van der Waals surface area contributed by atoms with Crippen molar-refractivity contribution in [2.45, 2.75) is 0 Å². The number of hydrogen-bond donors (Lipinski definition) is 1. The van der Waals surface area contributed by atoms with Crippen molar-refractivity contribution in [3.63, 3.8) is 0 Å². The van der Waals surface area contributed by atoms with Crippen molar-refractivity contribution in [2.24, 2.45) is 0 Å². The Hall–Kier alpha value is -2.61. The number of para-hydroxylation sites is 1. The predicted molar refractivity (Wildman–Crippen MR) is 78.7 cm³/mol. The Balaban J connectivity index is 2.11. The van der Waals surface area contributed by atoms with Gasteiger partial charge in [0.15, 0.2) is 6.29 Å². The average molecular weight is 247 g/mol. The van der Waals surface area contributed by atoms with E-state index in [9.17, 15) is 4.79 Å². The molecule has 3 rings (SSSR count). The lowest BCUT2D eigenvalue weighted by Gasteiger charge is -1.99. The summed E-state index contributed by atoms with van der Waals surface area (Å²) in [6, 6.07) is 17.7. The number of hydrogen-bond acceptors (Lipinski definition) is 1. The number of aldehydes is 1. The minimum absolute atomic E-state index is 0.686. The molecule has 0 unspecified atom stereocenters. The molecule has 0 radical (unpaired) electrons. The van der Waals surface area contributed by atoms with Gasteiger partial charge < -0.3 is 4.98 Å². The molecule has 1 N–H and O–H groups in total. The van der Waals surface area contributed by atoms with Crippen LogP contribution in [0, 0.1) is 0 Å². The molecule has 0 saturated carbocycles. The quantitative estimate of drug-likeness (QED) is 0.552. The first-order valence-corrected chi connectivity index (χ1v) is 6.17. The second-order valence-corrected chi connectivity index (χ2v) is 4.37. The Bertz CT molecular complexity index is 738. The summed E-state index contributed by atoms with van der Waals surface area (Å²) in [6.07, 6.45) is 4.75. The number of fused-ring (bicyclic) bond motifs is 1. The molecule has 0 aliphatic carbocycles. The second-order valence-electron chi connectivity index (χ2n) is 4.37. The maximum absolute atomic E-state index is 11.3. The number of aromatic nitrogens is 1. The lowest BCUT2D eigenvalue weighted by Crippen LogP contribution is -1.84. The van der Waals surface area contributed by atoms with Crippen LogP contribution in [-0.2, 0) is 4.79 Å². The fourth-order valence-corrected chi connectivity index (χ4v) is 2.20. The van der Waals surface area contributed by atoms with Crippen molar-refractivity contribution >= 4 is 28.8 Å². The van der Waals surface area contributed by atoms with E-state index in [0.29, 0.717) is 5.57 Å². The summed E-state index contributed by atoms with van der Waals surface area (Å²) in [4.78, 5) is 14.5. The Morgan fingerprint density at radius 3 is 2.47 bits per heavy atom.